The SMILES string of the molecule is COC(CNC1CCOC(C)(C)C1)OC. The van der Waals surface area contributed by atoms with Gasteiger partial charge in [-0.25, -0.2) is 0 Å². The minimum atomic E-state index is -0.157. The molecule has 0 aliphatic carbocycles. The van der Waals surface area contributed by atoms with E-state index in [1.54, 1.807) is 14.2 Å². The lowest BCUT2D eigenvalue weighted by atomic mass is 9.94. The third kappa shape index (κ3) is 4.47. The summed E-state index contributed by atoms with van der Waals surface area (Å²) >= 11 is 0. The first kappa shape index (κ1) is 12.9. The van der Waals surface area contributed by atoms with Crippen molar-refractivity contribution >= 4 is 0 Å². The molecule has 0 aromatic carbocycles. The van der Waals surface area contributed by atoms with Gasteiger partial charge in [0.2, 0.25) is 0 Å². The molecule has 15 heavy (non-hydrogen) atoms. The fourth-order valence-electron chi connectivity index (χ4n) is 1.93. The Kier molecular flexibility index (Phi) is 4.99. The van der Waals surface area contributed by atoms with Crippen LogP contribution in [-0.4, -0.2) is 45.3 Å². The molecular weight excluding hydrogens is 194 g/mol. The summed E-state index contributed by atoms with van der Waals surface area (Å²) in [4.78, 5) is 0. The first-order valence-corrected chi connectivity index (χ1v) is 5.50. The maximum atomic E-state index is 5.65. The van der Waals surface area contributed by atoms with Crippen LogP contribution >= 0.6 is 0 Å². The molecule has 1 aliphatic heterocycles. The highest BCUT2D eigenvalue weighted by Gasteiger charge is 2.28. The standard InChI is InChI=1S/C11H23NO3/c1-11(2)7-9(5-6-15-11)12-8-10(13-3)14-4/h9-10,12H,5-8H2,1-4H3. The van der Waals surface area contributed by atoms with Gasteiger partial charge in [0.15, 0.2) is 6.29 Å². The molecular formula is C11H23NO3. The van der Waals surface area contributed by atoms with E-state index in [-0.39, 0.29) is 11.9 Å². The summed E-state index contributed by atoms with van der Waals surface area (Å²) in [5.74, 6) is 0. The van der Waals surface area contributed by atoms with Gasteiger partial charge in [0.25, 0.3) is 0 Å². The minimum Gasteiger partial charge on any atom is -0.375 e. The lowest BCUT2D eigenvalue weighted by Gasteiger charge is -2.36. The highest BCUT2D eigenvalue weighted by atomic mass is 16.7. The second-order valence-corrected chi connectivity index (χ2v) is 4.61. The van der Waals surface area contributed by atoms with Crippen LogP contribution in [0.15, 0.2) is 0 Å². The summed E-state index contributed by atoms with van der Waals surface area (Å²) in [6, 6.07) is 0.501. The molecule has 4 heteroatoms. The van der Waals surface area contributed by atoms with Crippen molar-refractivity contribution in [1.82, 2.24) is 5.32 Å². The van der Waals surface area contributed by atoms with Crippen molar-refractivity contribution in [3.05, 3.63) is 0 Å². The van der Waals surface area contributed by atoms with Gasteiger partial charge in [-0.05, 0) is 26.7 Å². The Morgan fingerprint density at radius 1 is 1.40 bits per heavy atom. The lowest BCUT2D eigenvalue weighted by Crippen LogP contribution is -2.46. The van der Waals surface area contributed by atoms with Crippen LogP contribution in [0.3, 0.4) is 0 Å². The fourth-order valence-corrected chi connectivity index (χ4v) is 1.93. The molecule has 4 nitrogen and oxygen atoms in total. The molecule has 0 amide bonds. The van der Waals surface area contributed by atoms with E-state index in [0.717, 1.165) is 26.0 Å². The molecule has 1 atom stereocenters. The molecule has 0 spiro atoms. The van der Waals surface area contributed by atoms with Gasteiger partial charge >= 0.3 is 0 Å². The maximum absolute atomic E-state index is 5.65. The van der Waals surface area contributed by atoms with Crippen molar-refractivity contribution in [3.63, 3.8) is 0 Å². The molecule has 1 N–H and O–H groups in total. The Morgan fingerprint density at radius 2 is 2.07 bits per heavy atom. The maximum Gasteiger partial charge on any atom is 0.169 e. The van der Waals surface area contributed by atoms with E-state index in [0.29, 0.717) is 6.04 Å². The topological polar surface area (TPSA) is 39.7 Å². The monoisotopic (exact) mass is 217 g/mol. The summed E-state index contributed by atoms with van der Waals surface area (Å²) in [5.41, 5.74) is -0.00838. The van der Waals surface area contributed by atoms with E-state index in [2.05, 4.69) is 19.2 Å². The molecule has 1 saturated heterocycles. The Morgan fingerprint density at radius 3 is 2.60 bits per heavy atom. The van der Waals surface area contributed by atoms with Gasteiger partial charge < -0.3 is 19.5 Å². The molecule has 1 heterocycles. The Balaban J connectivity index is 2.26. The number of hydrogen-bond donors (Lipinski definition) is 1. The molecule has 1 fully saturated rings. The molecule has 90 valence electrons. The van der Waals surface area contributed by atoms with Crippen molar-refractivity contribution in [3.8, 4) is 0 Å². The van der Waals surface area contributed by atoms with E-state index >= 15 is 0 Å². The van der Waals surface area contributed by atoms with Crippen molar-refractivity contribution in [2.45, 2.75) is 44.6 Å². The molecule has 0 saturated carbocycles. The smallest absolute Gasteiger partial charge is 0.169 e. The third-order valence-corrected chi connectivity index (χ3v) is 2.80. The van der Waals surface area contributed by atoms with Crippen LogP contribution in [0.4, 0.5) is 0 Å². The van der Waals surface area contributed by atoms with E-state index in [9.17, 15) is 0 Å². The summed E-state index contributed by atoms with van der Waals surface area (Å²) < 4.78 is 15.9. The van der Waals surface area contributed by atoms with E-state index in [1.165, 1.54) is 0 Å². The van der Waals surface area contributed by atoms with Gasteiger partial charge in [-0.3, -0.25) is 0 Å². The predicted octanol–water partition coefficient (Wildman–Crippen LogP) is 1.15. The summed E-state index contributed by atoms with van der Waals surface area (Å²) in [6.07, 6.45) is 1.94. The number of nitrogens with one attached hydrogen (secondary N) is 1. The first-order chi connectivity index (χ1) is 7.07. The van der Waals surface area contributed by atoms with Crippen molar-refractivity contribution in [2.24, 2.45) is 0 Å². The van der Waals surface area contributed by atoms with Crippen LogP contribution in [0.25, 0.3) is 0 Å². The van der Waals surface area contributed by atoms with E-state index < -0.39 is 0 Å². The molecule has 1 unspecified atom stereocenters. The van der Waals surface area contributed by atoms with Crippen molar-refractivity contribution < 1.29 is 14.2 Å². The zero-order valence-corrected chi connectivity index (χ0v) is 10.2. The molecule has 1 rings (SSSR count). The van der Waals surface area contributed by atoms with Gasteiger partial charge in [-0.15, -0.1) is 0 Å². The van der Waals surface area contributed by atoms with E-state index in [4.69, 9.17) is 14.2 Å². The predicted molar refractivity (Wildman–Crippen MR) is 58.9 cm³/mol. The number of rotatable bonds is 5. The fraction of sp³-hybridized carbons (Fsp3) is 1.00. The summed E-state index contributed by atoms with van der Waals surface area (Å²) in [5, 5.41) is 3.45. The molecule has 0 aromatic rings. The van der Waals surface area contributed by atoms with Gasteiger partial charge in [-0.1, -0.05) is 0 Å². The Labute approximate surface area is 92.3 Å². The zero-order valence-electron chi connectivity index (χ0n) is 10.2. The Hall–Kier alpha value is -0.160. The molecule has 0 aromatic heterocycles. The van der Waals surface area contributed by atoms with Crippen LogP contribution in [0.5, 0.6) is 0 Å². The van der Waals surface area contributed by atoms with Crippen LogP contribution in [0.1, 0.15) is 26.7 Å². The number of methoxy groups -OCH3 is 2. The average Bonchev–Trinajstić information content (AvgIpc) is 2.18. The minimum absolute atomic E-state index is 0.00838. The van der Waals surface area contributed by atoms with Gasteiger partial charge in [0.05, 0.1) is 5.60 Å². The highest BCUT2D eigenvalue weighted by molar-refractivity contribution is 4.82. The van der Waals surface area contributed by atoms with Gasteiger partial charge in [0, 0.05) is 33.4 Å². The third-order valence-electron chi connectivity index (χ3n) is 2.80. The number of ether oxygens (including phenoxy) is 3. The van der Waals surface area contributed by atoms with Crippen LogP contribution < -0.4 is 5.32 Å². The van der Waals surface area contributed by atoms with E-state index in [1.807, 2.05) is 0 Å². The van der Waals surface area contributed by atoms with Crippen molar-refractivity contribution in [2.75, 3.05) is 27.4 Å². The molecule has 1 aliphatic rings. The second-order valence-electron chi connectivity index (χ2n) is 4.61. The molecule has 0 bridgehead atoms. The van der Waals surface area contributed by atoms with Crippen molar-refractivity contribution in [1.29, 1.82) is 0 Å². The zero-order chi connectivity index (χ0) is 11.3. The van der Waals surface area contributed by atoms with Crippen LogP contribution in [-0.2, 0) is 14.2 Å². The Bertz CT molecular complexity index is 181. The van der Waals surface area contributed by atoms with Crippen LogP contribution in [0.2, 0.25) is 0 Å². The van der Waals surface area contributed by atoms with Gasteiger partial charge in [0.1, 0.15) is 0 Å². The first-order valence-electron chi connectivity index (χ1n) is 5.50. The lowest BCUT2D eigenvalue weighted by molar-refractivity contribution is -0.106. The second kappa shape index (κ2) is 5.80. The average molecular weight is 217 g/mol. The normalized spacial score (nSPS) is 25.8. The highest BCUT2D eigenvalue weighted by Crippen LogP contribution is 2.23. The largest absolute Gasteiger partial charge is 0.375 e. The summed E-state index contributed by atoms with van der Waals surface area (Å²) in [7, 11) is 3.31. The summed E-state index contributed by atoms with van der Waals surface area (Å²) in [6.45, 7) is 5.82. The van der Waals surface area contributed by atoms with Crippen LogP contribution in [0, 0.1) is 0 Å². The quantitative estimate of drug-likeness (QED) is 0.701. The van der Waals surface area contributed by atoms with Gasteiger partial charge in [-0.2, -0.15) is 0 Å². The molecule has 0 radical (unpaired) electrons. The number of hydrogen-bond acceptors (Lipinski definition) is 4.